The number of anilines is 5. The molecule has 0 saturated heterocycles. The summed E-state index contributed by atoms with van der Waals surface area (Å²) in [7, 11) is -3.30. The second-order valence-electron chi connectivity index (χ2n) is 28.9. The minimum absolute atomic E-state index is 0.0299. The first kappa shape index (κ1) is 103. The van der Waals surface area contributed by atoms with E-state index in [-0.39, 0.29) is 87.8 Å². The molecule has 0 unspecified atom stereocenters. The number of carbonyl (C=O) groups is 4. The van der Waals surface area contributed by atoms with E-state index in [1.807, 2.05) is 26.0 Å². The van der Waals surface area contributed by atoms with Gasteiger partial charge in [-0.15, -0.1) is 20.4 Å². The number of methoxy groups -OCH3 is 3. The minimum Gasteiger partial charge on any atom is -0.479 e. The van der Waals surface area contributed by atoms with Gasteiger partial charge in [-0.1, -0.05) is 67.8 Å². The Morgan fingerprint density at radius 2 is 0.795 bits per heavy atom. The zero-order chi connectivity index (χ0) is 97.2. The minimum atomic E-state index is -3.53. The van der Waals surface area contributed by atoms with Crippen molar-refractivity contribution < 1.29 is 94.8 Å². The number of nitrogens with one attached hydrogen (secondary N) is 5. The van der Waals surface area contributed by atoms with Crippen molar-refractivity contribution in [2.75, 3.05) is 70.6 Å². The fourth-order valence-corrected chi connectivity index (χ4v) is 15.4. The molecule has 0 aliphatic rings. The van der Waals surface area contributed by atoms with Gasteiger partial charge in [-0.05, 0) is 121 Å². The van der Waals surface area contributed by atoms with Crippen molar-refractivity contribution in [1.29, 1.82) is 0 Å². The lowest BCUT2D eigenvalue weighted by molar-refractivity contribution is -0.148. The van der Waals surface area contributed by atoms with Crippen molar-refractivity contribution in [3.8, 4) is 51.4 Å². The van der Waals surface area contributed by atoms with Crippen LogP contribution in [0.5, 0.6) is 5.88 Å². The predicted octanol–water partition coefficient (Wildman–Crippen LogP) is 9.89. The number of pyridine rings is 8. The Hall–Kier alpha value is -13.1. The number of ether oxygens (including phenoxy) is 7. The normalized spacial score (nSPS) is 12.4. The molecule has 0 fully saturated rings. The van der Waals surface area contributed by atoms with Crippen molar-refractivity contribution in [3.05, 3.63) is 198 Å². The standard InChI is InChI=1S/2C20H22ClFN6O5S.C20H25N7O4S.C19H21ClN6O5S/c2*1-11(13-7-12(22)9-23-20(13)21)33-18(29)8-17-19(25-27-28(17)2)15-6-5-14(26-34(4,30)31)16(24-15)10-32-3;1-11-7-8-15(12(2)21-11)14(4)31-20(28)23-19-18(24-26-27(19)5)17-10-9-16(13(3)22-17)25-32(6,29)30;1-11(12-6-5-9-21-18(12)20)31-16(27)10-15-17(23-25-26(15)2)13-7-8-14(19(22-13)30-3)24-32(4,28)29/h2*5-7,9,11,26H,8,10H2,1-4H3;7-10,14,25H,1-6H3,(H,23,28);5-9,11,24H,10H2,1-4H3/t2*11-;14-;11-/m1111/s1. The summed E-state index contributed by atoms with van der Waals surface area (Å²) in [4.78, 5) is 83.8. The summed E-state index contributed by atoms with van der Waals surface area (Å²) in [6.45, 7) is 12.0. The molecule has 1 amide bonds. The summed E-state index contributed by atoms with van der Waals surface area (Å²) >= 11 is 18.0. The van der Waals surface area contributed by atoms with Gasteiger partial charge >= 0.3 is 24.0 Å². The molecular formula is C79H90Cl3F2N25O19S4. The highest BCUT2D eigenvalue weighted by Crippen LogP contribution is 2.35. The Balaban J connectivity index is 0.000000198. The third kappa shape index (κ3) is 28.9. The van der Waals surface area contributed by atoms with Crippen molar-refractivity contribution in [2.24, 2.45) is 28.2 Å². The molecule has 0 bridgehead atoms. The number of sulfonamides is 4. The van der Waals surface area contributed by atoms with Crippen LogP contribution >= 0.6 is 34.8 Å². The number of carbonyl (C=O) groups excluding carboxylic acids is 4. The first-order valence-electron chi connectivity index (χ1n) is 38.7. The molecule has 0 spiro atoms. The molecule has 4 atom stereocenters. The van der Waals surface area contributed by atoms with E-state index >= 15 is 0 Å². The van der Waals surface area contributed by atoms with E-state index in [1.54, 1.807) is 111 Å². The van der Waals surface area contributed by atoms with Gasteiger partial charge in [0.1, 0.15) is 74.3 Å². The smallest absolute Gasteiger partial charge is 0.413 e. The van der Waals surface area contributed by atoms with Gasteiger partial charge < -0.3 is 33.2 Å². The summed E-state index contributed by atoms with van der Waals surface area (Å²) in [6.07, 6.45) is 3.56. The maximum absolute atomic E-state index is 13.5. The lowest BCUT2D eigenvalue weighted by atomic mass is 10.1. The lowest BCUT2D eigenvalue weighted by Crippen LogP contribution is -2.19. The molecule has 0 aliphatic carbocycles. The number of nitrogens with zero attached hydrogens (tertiary/aromatic N) is 20. The van der Waals surface area contributed by atoms with Crippen molar-refractivity contribution in [3.63, 3.8) is 0 Å². The highest BCUT2D eigenvalue weighted by molar-refractivity contribution is 7.92. The van der Waals surface area contributed by atoms with Gasteiger partial charge in [0.05, 0.1) is 151 Å². The van der Waals surface area contributed by atoms with Crippen molar-refractivity contribution in [2.45, 2.75) is 105 Å². The van der Waals surface area contributed by atoms with Crippen LogP contribution in [-0.2, 0) is 144 Å². The Morgan fingerprint density at radius 1 is 0.424 bits per heavy atom. The quantitative estimate of drug-likeness (QED) is 0.0149. The van der Waals surface area contributed by atoms with Gasteiger partial charge in [0, 0.05) is 82.2 Å². The average molecular weight is 1970 g/mol. The van der Waals surface area contributed by atoms with E-state index in [0.29, 0.717) is 91.0 Å². The Kier molecular flexibility index (Phi) is 34.7. The Morgan fingerprint density at radius 3 is 1.20 bits per heavy atom. The van der Waals surface area contributed by atoms with E-state index in [0.717, 1.165) is 66.5 Å². The van der Waals surface area contributed by atoms with Crippen molar-refractivity contribution in [1.82, 2.24) is 99.8 Å². The van der Waals surface area contributed by atoms with E-state index in [9.17, 15) is 61.6 Å². The Labute approximate surface area is 771 Å². The third-order valence-corrected chi connectivity index (χ3v) is 21.6. The summed E-state index contributed by atoms with van der Waals surface area (Å²) in [5.74, 6) is -2.66. The van der Waals surface area contributed by atoms with Gasteiger partial charge in [0.25, 0.3) is 0 Å². The number of esters is 3. The summed E-state index contributed by atoms with van der Waals surface area (Å²) in [5.41, 5.74) is 9.67. The predicted molar refractivity (Wildman–Crippen MR) is 478 cm³/mol. The number of hydrogen-bond donors (Lipinski definition) is 5. The molecule has 12 aromatic heterocycles. The fourth-order valence-electron chi connectivity index (χ4n) is 12.3. The van der Waals surface area contributed by atoms with Crippen LogP contribution in [-0.4, -0.2) is 204 Å². The number of hydrogen-bond acceptors (Lipinski definition) is 35. The molecule has 12 aromatic rings. The molecule has 0 aromatic carbocycles. The molecule has 132 heavy (non-hydrogen) atoms. The van der Waals surface area contributed by atoms with Gasteiger partial charge in [-0.25, -0.2) is 86.8 Å². The number of halogens is 5. The summed E-state index contributed by atoms with van der Waals surface area (Å²) < 4.78 is 172. The van der Waals surface area contributed by atoms with Crippen LogP contribution in [0.3, 0.4) is 0 Å². The van der Waals surface area contributed by atoms with E-state index < -0.39 is 100 Å². The molecule has 0 saturated carbocycles. The van der Waals surface area contributed by atoms with Crippen LogP contribution in [0.15, 0.2) is 104 Å². The molecule has 0 radical (unpaired) electrons. The number of aromatic nitrogens is 20. The van der Waals surface area contributed by atoms with E-state index in [1.165, 1.54) is 58.3 Å². The number of rotatable bonds is 32. The second kappa shape index (κ2) is 44.7. The van der Waals surface area contributed by atoms with Gasteiger partial charge in [-0.2, -0.15) is 0 Å². The number of aryl methyl sites for hydroxylation is 7. The van der Waals surface area contributed by atoms with Crippen LogP contribution < -0.4 is 28.9 Å². The molecular weight excluding hydrogens is 1880 g/mol. The zero-order valence-electron chi connectivity index (χ0n) is 73.9. The number of amides is 1. The SMILES string of the molecule is COCc1nc(-c2nnn(C)c2CC(=O)O[C@H](C)c2cc(F)cnc2Cl)ccc1NS(C)(=O)=O.COCc1nc(-c2nnn(C)c2CC(=O)O[C@H](C)c2cc(F)cnc2Cl)ccc1NS(C)(=O)=O.COc1nc(-c2nnn(C)c2CC(=O)O[C@H](C)c2cccnc2Cl)ccc1NS(C)(=O)=O.Cc1ccc([C@@H](C)OC(=O)Nc2c(-c3ccc(NS(C)(=O)=O)c(C)n3)nnn2C)c(C)n1. The fraction of sp³-hybridized carbons (Fsp3) is 0.342. The van der Waals surface area contributed by atoms with Gasteiger partial charge in [0.2, 0.25) is 46.0 Å². The molecule has 53 heteroatoms. The van der Waals surface area contributed by atoms with Gasteiger partial charge in [-0.3, -0.25) is 57.6 Å². The van der Waals surface area contributed by atoms with E-state index in [2.05, 4.69) is 105 Å². The van der Waals surface area contributed by atoms with E-state index in [4.69, 9.17) is 68.0 Å². The Bertz CT molecular complexity index is 6540. The van der Waals surface area contributed by atoms with Crippen LogP contribution in [0, 0.1) is 32.4 Å². The highest BCUT2D eigenvalue weighted by Gasteiger charge is 2.29. The topological polar surface area (TPSA) is 556 Å². The monoisotopic (exact) mass is 1960 g/mol. The molecule has 12 heterocycles. The second-order valence-corrected chi connectivity index (χ2v) is 37.0. The molecule has 0 aliphatic heterocycles. The highest BCUT2D eigenvalue weighted by atomic mass is 35.5. The zero-order valence-corrected chi connectivity index (χ0v) is 79.4. The van der Waals surface area contributed by atoms with Crippen molar-refractivity contribution >= 4 is 127 Å². The third-order valence-electron chi connectivity index (χ3n) is 18.3. The molecule has 44 nitrogen and oxygen atoms in total. The molecule has 12 rings (SSSR count). The van der Waals surface area contributed by atoms with Crippen LogP contribution in [0.2, 0.25) is 15.5 Å². The van der Waals surface area contributed by atoms with Gasteiger partial charge in [0.15, 0.2) is 11.5 Å². The first-order chi connectivity index (χ1) is 62.0. The maximum atomic E-state index is 13.5. The molecule has 5 N–H and O–H groups in total. The largest absolute Gasteiger partial charge is 0.479 e. The maximum Gasteiger partial charge on any atom is 0.413 e. The van der Waals surface area contributed by atoms with Crippen LogP contribution in [0.1, 0.15) is 120 Å². The lowest BCUT2D eigenvalue weighted by Gasteiger charge is -2.16. The molecule has 704 valence electrons. The van der Waals surface area contributed by atoms with Crippen LogP contribution in [0.25, 0.3) is 45.6 Å². The first-order valence-corrected chi connectivity index (χ1v) is 47.4. The van der Waals surface area contributed by atoms with Crippen LogP contribution in [0.4, 0.5) is 42.1 Å². The average Bonchev–Trinajstić information content (AvgIpc) is 1.62. The summed E-state index contributed by atoms with van der Waals surface area (Å²) in [5, 5.41) is 35.2. The summed E-state index contributed by atoms with van der Waals surface area (Å²) in [6, 6.07) is 21.8.